The topological polar surface area (TPSA) is 21.3 Å². The Morgan fingerprint density at radius 3 is 2.89 bits per heavy atom. The zero-order chi connectivity index (χ0) is 13.0. The van der Waals surface area contributed by atoms with Crippen molar-refractivity contribution in [2.75, 3.05) is 11.9 Å². The number of hydrogen-bond acceptors (Lipinski definition) is 2. The van der Waals surface area contributed by atoms with Crippen molar-refractivity contribution in [3.05, 3.63) is 28.2 Å². The number of ether oxygens (including phenoxy) is 1. The molecule has 1 aromatic carbocycles. The summed E-state index contributed by atoms with van der Waals surface area (Å²) in [7, 11) is 0. The van der Waals surface area contributed by atoms with Gasteiger partial charge in [-0.15, -0.1) is 0 Å². The highest BCUT2D eigenvalue weighted by Gasteiger charge is 2.21. The van der Waals surface area contributed by atoms with Gasteiger partial charge >= 0.3 is 0 Å². The van der Waals surface area contributed by atoms with E-state index in [9.17, 15) is 0 Å². The van der Waals surface area contributed by atoms with Gasteiger partial charge in [0.1, 0.15) is 0 Å². The van der Waals surface area contributed by atoms with Crippen molar-refractivity contribution in [1.82, 2.24) is 0 Å². The van der Waals surface area contributed by atoms with E-state index >= 15 is 0 Å². The van der Waals surface area contributed by atoms with Crippen LogP contribution in [0.2, 0.25) is 10.0 Å². The zero-order valence-electron chi connectivity index (χ0n) is 10.6. The Morgan fingerprint density at radius 1 is 1.33 bits per heavy atom. The highest BCUT2D eigenvalue weighted by Crippen LogP contribution is 2.27. The van der Waals surface area contributed by atoms with Gasteiger partial charge in [0, 0.05) is 18.3 Å². The maximum Gasteiger partial charge on any atom is 0.0612 e. The summed E-state index contributed by atoms with van der Waals surface area (Å²) in [5.41, 5.74) is 1.03. The van der Waals surface area contributed by atoms with Crippen LogP contribution in [0.1, 0.15) is 32.6 Å². The van der Waals surface area contributed by atoms with Gasteiger partial charge in [-0.2, -0.15) is 0 Å². The van der Waals surface area contributed by atoms with Crippen molar-refractivity contribution in [1.29, 1.82) is 0 Å². The van der Waals surface area contributed by atoms with Crippen LogP contribution < -0.4 is 5.32 Å². The van der Waals surface area contributed by atoms with Gasteiger partial charge < -0.3 is 10.1 Å². The molecule has 4 heteroatoms. The average molecular weight is 288 g/mol. The molecule has 1 heterocycles. The lowest BCUT2D eigenvalue weighted by Crippen LogP contribution is -2.33. The molecule has 1 N–H and O–H groups in total. The molecule has 100 valence electrons. The molecular formula is C14H19Cl2NO. The second-order valence-electron chi connectivity index (χ2n) is 4.78. The van der Waals surface area contributed by atoms with E-state index < -0.39 is 0 Å². The van der Waals surface area contributed by atoms with Crippen molar-refractivity contribution >= 4 is 28.9 Å². The number of anilines is 1. The summed E-state index contributed by atoms with van der Waals surface area (Å²) in [6.45, 7) is 3.03. The minimum Gasteiger partial charge on any atom is -0.382 e. The first kappa shape index (κ1) is 14.0. The number of halogens is 2. The Kier molecular flexibility index (Phi) is 5.16. The first-order chi connectivity index (χ1) is 8.69. The monoisotopic (exact) mass is 287 g/mol. The minimum absolute atomic E-state index is 0.393. The van der Waals surface area contributed by atoms with E-state index in [1.807, 2.05) is 18.2 Å². The lowest BCUT2D eigenvalue weighted by Gasteiger charge is -2.30. The summed E-state index contributed by atoms with van der Waals surface area (Å²) >= 11 is 11.9. The third-order valence-electron chi connectivity index (χ3n) is 3.27. The molecule has 2 rings (SSSR count). The van der Waals surface area contributed by atoms with Gasteiger partial charge in [0.25, 0.3) is 0 Å². The third-order valence-corrected chi connectivity index (χ3v) is 4.01. The third kappa shape index (κ3) is 3.78. The molecule has 2 unspecified atom stereocenters. The quantitative estimate of drug-likeness (QED) is 0.863. The van der Waals surface area contributed by atoms with Crippen LogP contribution in [-0.2, 0) is 4.74 Å². The average Bonchev–Trinajstić information content (AvgIpc) is 2.35. The molecule has 0 saturated carbocycles. The summed E-state index contributed by atoms with van der Waals surface area (Å²) in [5, 5.41) is 4.71. The van der Waals surface area contributed by atoms with Crippen LogP contribution in [0.3, 0.4) is 0 Å². The number of hydrogen-bond donors (Lipinski definition) is 1. The normalized spacial score (nSPS) is 23.9. The standard InChI is InChI=1S/C14H19Cl2NO/c1-2-3-12-8-11(6-7-18-12)17-10-4-5-13(15)14(16)9-10/h4-5,9,11-12,17H,2-3,6-8H2,1H3. The smallest absolute Gasteiger partial charge is 0.0612 e. The maximum atomic E-state index is 6.01. The van der Waals surface area contributed by atoms with Gasteiger partial charge in [-0.1, -0.05) is 36.5 Å². The zero-order valence-corrected chi connectivity index (χ0v) is 12.1. The highest BCUT2D eigenvalue weighted by atomic mass is 35.5. The number of benzene rings is 1. The van der Waals surface area contributed by atoms with Crippen LogP contribution in [0.25, 0.3) is 0 Å². The van der Waals surface area contributed by atoms with Crippen molar-refractivity contribution in [3.8, 4) is 0 Å². The van der Waals surface area contributed by atoms with Crippen LogP contribution in [0.4, 0.5) is 5.69 Å². The lowest BCUT2D eigenvalue weighted by atomic mass is 10.00. The first-order valence-corrected chi connectivity index (χ1v) is 7.28. The SMILES string of the molecule is CCCC1CC(Nc2ccc(Cl)c(Cl)c2)CCO1. The molecule has 0 spiro atoms. The molecule has 1 aliphatic heterocycles. The molecule has 0 radical (unpaired) electrons. The molecule has 18 heavy (non-hydrogen) atoms. The molecule has 0 aliphatic carbocycles. The van der Waals surface area contributed by atoms with Crippen LogP contribution in [0.15, 0.2) is 18.2 Å². The Balaban J connectivity index is 1.93. The lowest BCUT2D eigenvalue weighted by molar-refractivity contribution is 0.00598. The molecule has 0 bridgehead atoms. The van der Waals surface area contributed by atoms with Crippen LogP contribution in [-0.4, -0.2) is 18.8 Å². The van der Waals surface area contributed by atoms with Gasteiger partial charge in [0.05, 0.1) is 16.1 Å². The summed E-state index contributed by atoms with van der Waals surface area (Å²) < 4.78 is 5.74. The predicted octanol–water partition coefficient (Wildman–Crippen LogP) is 4.75. The Labute approximate surface area is 119 Å². The second-order valence-corrected chi connectivity index (χ2v) is 5.59. The van der Waals surface area contributed by atoms with Gasteiger partial charge in [-0.05, 0) is 37.5 Å². The fourth-order valence-corrected chi connectivity index (χ4v) is 2.65. The van der Waals surface area contributed by atoms with Crippen molar-refractivity contribution < 1.29 is 4.74 Å². The molecule has 0 aromatic heterocycles. The van der Waals surface area contributed by atoms with Crippen LogP contribution in [0, 0.1) is 0 Å². The van der Waals surface area contributed by atoms with E-state index in [1.165, 1.54) is 6.42 Å². The van der Waals surface area contributed by atoms with Gasteiger partial charge in [-0.25, -0.2) is 0 Å². The Hall–Kier alpha value is -0.440. The van der Waals surface area contributed by atoms with E-state index in [-0.39, 0.29) is 0 Å². The number of nitrogens with one attached hydrogen (secondary N) is 1. The fourth-order valence-electron chi connectivity index (χ4n) is 2.36. The van der Waals surface area contributed by atoms with Crippen molar-refractivity contribution in [2.45, 2.75) is 44.8 Å². The maximum absolute atomic E-state index is 6.01. The van der Waals surface area contributed by atoms with Crippen molar-refractivity contribution in [3.63, 3.8) is 0 Å². The molecule has 2 nitrogen and oxygen atoms in total. The number of rotatable bonds is 4. The van der Waals surface area contributed by atoms with Gasteiger partial charge in [-0.3, -0.25) is 0 Å². The van der Waals surface area contributed by atoms with E-state index in [2.05, 4.69) is 12.2 Å². The fraction of sp³-hybridized carbons (Fsp3) is 0.571. The molecule has 2 atom stereocenters. The molecule has 1 saturated heterocycles. The molecule has 1 fully saturated rings. The molecule has 1 aliphatic rings. The molecular weight excluding hydrogens is 269 g/mol. The van der Waals surface area contributed by atoms with E-state index in [0.29, 0.717) is 22.2 Å². The Bertz CT molecular complexity index is 395. The first-order valence-electron chi connectivity index (χ1n) is 6.52. The predicted molar refractivity (Wildman–Crippen MR) is 77.8 cm³/mol. The van der Waals surface area contributed by atoms with Crippen LogP contribution >= 0.6 is 23.2 Å². The van der Waals surface area contributed by atoms with Crippen molar-refractivity contribution in [2.24, 2.45) is 0 Å². The summed E-state index contributed by atoms with van der Waals surface area (Å²) in [5.74, 6) is 0. The Morgan fingerprint density at radius 2 is 2.17 bits per heavy atom. The van der Waals surface area contributed by atoms with Crippen LogP contribution in [0.5, 0.6) is 0 Å². The largest absolute Gasteiger partial charge is 0.382 e. The van der Waals surface area contributed by atoms with E-state index in [1.54, 1.807) is 0 Å². The second kappa shape index (κ2) is 6.65. The summed E-state index contributed by atoms with van der Waals surface area (Å²) in [4.78, 5) is 0. The van der Waals surface area contributed by atoms with E-state index in [4.69, 9.17) is 27.9 Å². The minimum atomic E-state index is 0.393. The van der Waals surface area contributed by atoms with Gasteiger partial charge in [0.15, 0.2) is 0 Å². The van der Waals surface area contributed by atoms with E-state index in [0.717, 1.165) is 31.6 Å². The molecule has 0 amide bonds. The summed E-state index contributed by atoms with van der Waals surface area (Å²) in [6.07, 6.45) is 4.81. The van der Waals surface area contributed by atoms with Gasteiger partial charge in [0.2, 0.25) is 0 Å². The highest BCUT2D eigenvalue weighted by molar-refractivity contribution is 6.42. The molecule has 1 aromatic rings. The summed E-state index contributed by atoms with van der Waals surface area (Å²) in [6, 6.07) is 6.15.